The van der Waals surface area contributed by atoms with Crippen LogP contribution in [0.15, 0.2) is 30.3 Å². The number of piperazine rings is 1. The normalized spacial score (nSPS) is 24.3. The summed E-state index contributed by atoms with van der Waals surface area (Å²) in [5.74, 6) is 0.174. The number of nitrogens with one attached hydrogen (secondary N) is 1. The van der Waals surface area contributed by atoms with Gasteiger partial charge in [0.1, 0.15) is 11.6 Å². The standard InChI is InChI=1S/C21H31IN2O3/c1-6-14(2)18-17(13-22)24(20(26)27-21(3,4)5)16(19(25)23-18)12-15-10-8-7-9-11-15/h7-11,14,16-18H,6,12-13H2,1-5H3,(H,23,25)/t14?,16-,17+,18-/m0/s1. The highest BCUT2D eigenvalue weighted by Crippen LogP contribution is 2.28. The van der Waals surface area contributed by atoms with Crippen LogP contribution in [0, 0.1) is 5.92 Å². The molecular formula is C21H31IN2O3. The number of ether oxygens (including phenoxy) is 1. The molecule has 1 aromatic carbocycles. The van der Waals surface area contributed by atoms with Gasteiger partial charge in [-0.05, 0) is 32.3 Å². The maximum atomic E-state index is 13.1. The fourth-order valence-corrected chi connectivity index (χ4v) is 4.41. The Labute approximate surface area is 176 Å². The van der Waals surface area contributed by atoms with Crippen molar-refractivity contribution < 1.29 is 14.3 Å². The van der Waals surface area contributed by atoms with Crippen LogP contribution in [0.1, 0.15) is 46.6 Å². The lowest BCUT2D eigenvalue weighted by Crippen LogP contribution is -2.69. The SMILES string of the molecule is CCC(C)[C@@H]1NC(=O)[C@H](Cc2ccccc2)N(C(=O)OC(C)(C)C)[C@@H]1CI. The minimum absolute atomic E-state index is 0.0704. The summed E-state index contributed by atoms with van der Waals surface area (Å²) in [7, 11) is 0. The number of carbonyl (C=O) groups excluding carboxylic acids is 2. The molecule has 2 amide bonds. The summed E-state index contributed by atoms with van der Waals surface area (Å²) in [6.45, 7) is 9.79. The van der Waals surface area contributed by atoms with Crippen molar-refractivity contribution in [2.45, 2.75) is 71.2 Å². The molecule has 1 heterocycles. The van der Waals surface area contributed by atoms with E-state index in [0.29, 0.717) is 6.42 Å². The third-order valence-corrected chi connectivity index (χ3v) is 5.91. The topological polar surface area (TPSA) is 58.6 Å². The lowest BCUT2D eigenvalue weighted by Gasteiger charge is -2.47. The smallest absolute Gasteiger partial charge is 0.411 e. The van der Waals surface area contributed by atoms with Crippen LogP contribution in [-0.4, -0.2) is 45.1 Å². The van der Waals surface area contributed by atoms with Crippen molar-refractivity contribution in [1.82, 2.24) is 10.2 Å². The molecule has 1 aliphatic rings. The van der Waals surface area contributed by atoms with E-state index in [1.54, 1.807) is 4.90 Å². The molecule has 2 rings (SSSR count). The first-order valence-electron chi connectivity index (χ1n) is 9.59. The van der Waals surface area contributed by atoms with Crippen LogP contribution < -0.4 is 5.32 Å². The van der Waals surface area contributed by atoms with Gasteiger partial charge in [-0.3, -0.25) is 9.69 Å². The Balaban J connectivity index is 2.39. The summed E-state index contributed by atoms with van der Waals surface area (Å²) in [5, 5.41) is 3.19. The third-order valence-electron chi connectivity index (χ3n) is 5.01. The fourth-order valence-electron chi connectivity index (χ4n) is 3.44. The lowest BCUT2D eigenvalue weighted by atomic mass is 9.88. The molecule has 1 saturated heterocycles. The van der Waals surface area contributed by atoms with Crippen molar-refractivity contribution in [2.24, 2.45) is 5.92 Å². The van der Waals surface area contributed by atoms with Crippen molar-refractivity contribution in [2.75, 3.05) is 4.43 Å². The number of amides is 2. The molecule has 1 aliphatic heterocycles. The maximum Gasteiger partial charge on any atom is 0.411 e. The van der Waals surface area contributed by atoms with Crippen LogP contribution in [0.3, 0.4) is 0 Å². The maximum absolute atomic E-state index is 13.1. The summed E-state index contributed by atoms with van der Waals surface area (Å²) in [5.41, 5.74) is 0.421. The van der Waals surface area contributed by atoms with Gasteiger partial charge in [0, 0.05) is 10.8 Å². The second-order valence-electron chi connectivity index (χ2n) is 8.23. The number of carbonyl (C=O) groups is 2. The summed E-state index contributed by atoms with van der Waals surface area (Å²) in [4.78, 5) is 27.8. The molecule has 5 nitrogen and oxygen atoms in total. The first-order chi connectivity index (χ1) is 12.7. The van der Waals surface area contributed by atoms with Gasteiger partial charge >= 0.3 is 6.09 Å². The second kappa shape index (κ2) is 9.26. The molecule has 1 N–H and O–H groups in total. The summed E-state index contributed by atoms with van der Waals surface area (Å²) in [6, 6.07) is 9.09. The van der Waals surface area contributed by atoms with Crippen LogP contribution in [0.4, 0.5) is 4.79 Å². The van der Waals surface area contributed by atoms with Crippen molar-refractivity contribution in [3.63, 3.8) is 0 Å². The Kier molecular flexibility index (Phi) is 7.54. The summed E-state index contributed by atoms with van der Waals surface area (Å²) < 4.78 is 6.42. The minimum Gasteiger partial charge on any atom is -0.444 e. The first-order valence-corrected chi connectivity index (χ1v) is 11.1. The molecule has 4 atom stereocenters. The van der Waals surface area contributed by atoms with Gasteiger partial charge in [-0.1, -0.05) is 73.2 Å². The Hall–Kier alpha value is -1.31. The Bertz CT molecular complexity index is 645. The molecule has 0 bridgehead atoms. The van der Waals surface area contributed by atoms with E-state index in [9.17, 15) is 9.59 Å². The highest BCUT2D eigenvalue weighted by atomic mass is 127. The average molecular weight is 486 g/mol. The second-order valence-corrected chi connectivity index (χ2v) is 9.12. The predicted octanol–water partition coefficient (Wildman–Crippen LogP) is 4.18. The van der Waals surface area contributed by atoms with Crippen LogP contribution in [-0.2, 0) is 16.0 Å². The van der Waals surface area contributed by atoms with Gasteiger partial charge in [0.05, 0.1) is 12.1 Å². The van der Waals surface area contributed by atoms with Crippen molar-refractivity contribution in [1.29, 1.82) is 0 Å². The van der Waals surface area contributed by atoms with E-state index in [-0.39, 0.29) is 23.9 Å². The molecule has 6 heteroatoms. The monoisotopic (exact) mass is 486 g/mol. The van der Waals surface area contributed by atoms with E-state index in [1.807, 2.05) is 51.1 Å². The van der Waals surface area contributed by atoms with E-state index < -0.39 is 17.7 Å². The molecule has 0 radical (unpaired) electrons. The molecule has 27 heavy (non-hydrogen) atoms. The van der Waals surface area contributed by atoms with E-state index >= 15 is 0 Å². The zero-order valence-electron chi connectivity index (χ0n) is 16.9. The number of benzene rings is 1. The number of hydrogen-bond acceptors (Lipinski definition) is 3. The van der Waals surface area contributed by atoms with Gasteiger partial charge in [-0.2, -0.15) is 0 Å². The third kappa shape index (κ3) is 5.59. The summed E-state index contributed by atoms with van der Waals surface area (Å²) in [6.07, 6.45) is 1.00. The Morgan fingerprint density at radius 2 is 1.93 bits per heavy atom. The first kappa shape index (κ1) is 22.0. The Morgan fingerprint density at radius 1 is 1.30 bits per heavy atom. The average Bonchev–Trinajstić information content (AvgIpc) is 2.61. The van der Waals surface area contributed by atoms with Crippen molar-refractivity contribution >= 4 is 34.6 Å². The van der Waals surface area contributed by atoms with Crippen LogP contribution >= 0.6 is 22.6 Å². The zero-order valence-corrected chi connectivity index (χ0v) is 19.0. The predicted molar refractivity (Wildman–Crippen MR) is 116 cm³/mol. The molecule has 1 unspecified atom stereocenters. The molecule has 0 saturated carbocycles. The van der Waals surface area contributed by atoms with Gasteiger partial charge in [0.2, 0.25) is 5.91 Å². The number of rotatable bonds is 5. The number of hydrogen-bond donors (Lipinski definition) is 1. The number of halogens is 1. The van der Waals surface area contributed by atoms with Gasteiger partial charge in [0.15, 0.2) is 0 Å². The van der Waals surface area contributed by atoms with E-state index in [4.69, 9.17) is 4.74 Å². The van der Waals surface area contributed by atoms with Gasteiger partial charge in [0.25, 0.3) is 0 Å². The van der Waals surface area contributed by atoms with E-state index in [0.717, 1.165) is 16.4 Å². The quantitative estimate of drug-likeness (QED) is 0.502. The minimum atomic E-state index is -0.607. The molecule has 0 aliphatic carbocycles. The lowest BCUT2D eigenvalue weighted by molar-refractivity contribution is -0.133. The molecule has 1 aromatic rings. The molecule has 1 fully saturated rings. The van der Waals surface area contributed by atoms with E-state index in [1.165, 1.54) is 0 Å². The molecule has 0 aromatic heterocycles. The van der Waals surface area contributed by atoms with Crippen molar-refractivity contribution in [3.05, 3.63) is 35.9 Å². The highest BCUT2D eigenvalue weighted by molar-refractivity contribution is 14.1. The zero-order chi connectivity index (χ0) is 20.2. The van der Waals surface area contributed by atoms with Gasteiger partial charge in [-0.25, -0.2) is 4.79 Å². The molecular weight excluding hydrogens is 455 g/mol. The molecule has 150 valence electrons. The fraction of sp³-hybridized carbons (Fsp3) is 0.619. The molecule has 0 spiro atoms. The van der Waals surface area contributed by atoms with Crippen LogP contribution in [0.25, 0.3) is 0 Å². The van der Waals surface area contributed by atoms with Gasteiger partial charge in [-0.15, -0.1) is 0 Å². The van der Waals surface area contributed by atoms with Crippen LogP contribution in [0.2, 0.25) is 0 Å². The van der Waals surface area contributed by atoms with Gasteiger partial charge < -0.3 is 10.1 Å². The highest BCUT2D eigenvalue weighted by Gasteiger charge is 2.46. The number of nitrogens with zero attached hydrogens (tertiary/aromatic N) is 1. The summed E-state index contributed by atoms with van der Waals surface area (Å²) >= 11 is 2.30. The van der Waals surface area contributed by atoms with E-state index in [2.05, 4.69) is 41.8 Å². The largest absolute Gasteiger partial charge is 0.444 e. The number of alkyl halides is 1. The van der Waals surface area contributed by atoms with Crippen molar-refractivity contribution in [3.8, 4) is 0 Å². The van der Waals surface area contributed by atoms with Crippen LogP contribution in [0.5, 0.6) is 0 Å². The Morgan fingerprint density at radius 3 is 2.44 bits per heavy atom.